The number of carboxylic acid groups (broad SMARTS) is 1. The summed E-state index contributed by atoms with van der Waals surface area (Å²) in [4.78, 5) is 24.9. The molecule has 0 saturated carbocycles. The van der Waals surface area contributed by atoms with Gasteiger partial charge in [-0.1, -0.05) is 5.16 Å². The van der Waals surface area contributed by atoms with Crippen molar-refractivity contribution >= 4 is 17.7 Å². The molecule has 0 aliphatic carbocycles. The Labute approximate surface area is 56.3 Å². The van der Waals surface area contributed by atoms with E-state index < -0.39 is 17.9 Å². The minimum atomic E-state index is -1.22. The number of hydrogen-bond acceptors (Lipinski definition) is 4. The van der Waals surface area contributed by atoms with Gasteiger partial charge in [0.25, 0.3) is 0 Å². The number of rotatable bonds is 1. The van der Waals surface area contributed by atoms with Gasteiger partial charge in [-0.25, -0.2) is 4.79 Å². The van der Waals surface area contributed by atoms with Crippen molar-refractivity contribution in [2.75, 3.05) is 0 Å². The lowest BCUT2D eigenvalue weighted by Gasteiger charge is -1.95. The van der Waals surface area contributed by atoms with E-state index in [2.05, 4.69) is 9.99 Å². The zero-order valence-electron chi connectivity index (χ0n) is 5.20. The zero-order valence-corrected chi connectivity index (χ0v) is 5.20. The molecule has 1 unspecified atom stereocenters. The number of carboxylic acids is 1. The van der Waals surface area contributed by atoms with Crippen molar-refractivity contribution in [1.82, 2.24) is 0 Å². The highest BCUT2D eigenvalue weighted by atomic mass is 16.7. The van der Waals surface area contributed by atoms with Gasteiger partial charge in [-0.05, 0) is 6.92 Å². The van der Waals surface area contributed by atoms with E-state index in [0.29, 0.717) is 0 Å². The minimum Gasteiger partial charge on any atom is -0.480 e. The molecule has 0 bridgehead atoms. The molecule has 1 aliphatic rings. The van der Waals surface area contributed by atoms with E-state index in [9.17, 15) is 9.59 Å². The Kier molecular flexibility index (Phi) is 1.41. The van der Waals surface area contributed by atoms with Crippen LogP contribution in [0.5, 0.6) is 0 Å². The normalized spacial score (nSPS) is 23.9. The number of carbonyl (C=O) groups is 2. The summed E-state index contributed by atoms with van der Waals surface area (Å²) in [6.45, 7) is 1.43. The highest BCUT2D eigenvalue weighted by Gasteiger charge is 2.36. The van der Waals surface area contributed by atoms with Crippen molar-refractivity contribution in [3.8, 4) is 0 Å². The second kappa shape index (κ2) is 2.09. The molecule has 5 heteroatoms. The molecule has 1 rings (SSSR count). The van der Waals surface area contributed by atoms with Gasteiger partial charge >= 0.3 is 11.9 Å². The maximum Gasteiger partial charge on any atom is 0.355 e. The number of carbonyl (C=O) groups excluding carboxylic acids is 1. The van der Waals surface area contributed by atoms with Gasteiger partial charge in [0.2, 0.25) is 0 Å². The van der Waals surface area contributed by atoms with Crippen LogP contribution in [0.4, 0.5) is 0 Å². The summed E-state index contributed by atoms with van der Waals surface area (Å²) < 4.78 is 0. The molecule has 10 heavy (non-hydrogen) atoms. The van der Waals surface area contributed by atoms with Gasteiger partial charge in [-0.3, -0.25) is 4.79 Å². The molecule has 0 radical (unpaired) electrons. The molecule has 1 atom stereocenters. The molecule has 1 N–H and O–H groups in total. The van der Waals surface area contributed by atoms with Gasteiger partial charge in [0.1, 0.15) is 0 Å². The molecule has 0 aromatic rings. The summed E-state index contributed by atoms with van der Waals surface area (Å²) in [5, 5.41) is 11.6. The lowest BCUT2D eigenvalue weighted by molar-refractivity contribution is -0.152. The molecular weight excluding hydrogens is 138 g/mol. The fourth-order valence-corrected chi connectivity index (χ4v) is 0.672. The van der Waals surface area contributed by atoms with Crippen LogP contribution in [0.15, 0.2) is 5.16 Å². The van der Waals surface area contributed by atoms with E-state index in [0.717, 1.165) is 0 Å². The average molecular weight is 143 g/mol. The summed E-state index contributed by atoms with van der Waals surface area (Å²) in [6, 6.07) is 0. The lowest BCUT2D eigenvalue weighted by Crippen LogP contribution is -2.25. The van der Waals surface area contributed by atoms with Gasteiger partial charge in [-0.2, -0.15) is 0 Å². The molecule has 1 heterocycles. The number of nitrogens with zero attached hydrogens (tertiary/aromatic N) is 1. The Morgan fingerprint density at radius 1 is 1.80 bits per heavy atom. The van der Waals surface area contributed by atoms with Gasteiger partial charge in [0.15, 0.2) is 5.92 Å². The third kappa shape index (κ3) is 0.854. The Morgan fingerprint density at radius 2 is 2.40 bits per heavy atom. The van der Waals surface area contributed by atoms with Crippen molar-refractivity contribution in [2.24, 2.45) is 11.1 Å². The third-order valence-electron chi connectivity index (χ3n) is 1.18. The second-order valence-corrected chi connectivity index (χ2v) is 1.91. The SMILES string of the molecule is CC1=NOC(=O)C1C(=O)O. The number of oxime groups is 1. The maximum absolute atomic E-state index is 10.5. The molecular formula is C5H5NO4. The molecule has 0 spiro atoms. The summed E-state index contributed by atoms with van der Waals surface area (Å²) in [5.41, 5.74) is 0.192. The van der Waals surface area contributed by atoms with Crippen molar-refractivity contribution in [3.63, 3.8) is 0 Å². The molecule has 5 nitrogen and oxygen atoms in total. The maximum atomic E-state index is 10.5. The lowest BCUT2D eigenvalue weighted by atomic mass is 10.1. The molecule has 0 fully saturated rings. The van der Waals surface area contributed by atoms with E-state index in [4.69, 9.17) is 5.11 Å². The third-order valence-corrected chi connectivity index (χ3v) is 1.18. The fourth-order valence-electron chi connectivity index (χ4n) is 0.672. The van der Waals surface area contributed by atoms with Gasteiger partial charge in [0, 0.05) is 0 Å². The minimum absolute atomic E-state index is 0.192. The van der Waals surface area contributed by atoms with Crippen molar-refractivity contribution in [2.45, 2.75) is 6.92 Å². The standard InChI is InChI=1S/C5H5NO4/c1-2-3(4(7)8)5(9)10-6-2/h3H,1H3,(H,7,8). The van der Waals surface area contributed by atoms with Crippen LogP contribution >= 0.6 is 0 Å². The van der Waals surface area contributed by atoms with E-state index in [1.165, 1.54) is 6.92 Å². The van der Waals surface area contributed by atoms with Crippen LogP contribution < -0.4 is 0 Å². The molecule has 0 saturated heterocycles. The fraction of sp³-hybridized carbons (Fsp3) is 0.400. The molecule has 0 amide bonds. The topological polar surface area (TPSA) is 76.0 Å². The highest BCUT2D eigenvalue weighted by Crippen LogP contribution is 2.10. The quantitative estimate of drug-likeness (QED) is 0.401. The van der Waals surface area contributed by atoms with Crippen LogP contribution in [-0.4, -0.2) is 22.8 Å². The first kappa shape index (κ1) is 6.73. The highest BCUT2D eigenvalue weighted by molar-refractivity contribution is 6.17. The predicted octanol–water partition coefficient (Wildman–Crippen LogP) is -0.380. The Balaban J connectivity index is 2.84. The first-order chi connectivity index (χ1) is 4.63. The van der Waals surface area contributed by atoms with Gasteiger partial charge < -0.3 is 9.94 Å². The Hall–Kier alpha value is -1.39. The van der Waals surface area contributed by atoms with Crippen LogP contribution in [-0.2, 0) is 14.4 Å². The average Bonchev–Trinajstić information content (AvgIpc) is 2.11. The molecule has 1 aliphatic heterocycles. The van der Waals surface area contributed by atoms with Crippen LogP contribution in [0.2, 0.25) is 0 Å². The zero-order chi connectivity index (χ0) is 7.72. The summed E-state index contributed by atoms with van der Waals surface area (Å²) >= 11 is 0. The molecule has 0 aromatic carbocycles. The van der Waals surface area contributed by atoms with Crippen molar-refractivity contribution < 1.29 is 19.5 Å². The monoisotopic (exact) mass is 143 g/mol. The second-order valence-electron chi connectivity index (χ2n) is 1.91. The molecule has 54 valence electrons. The number of hydrogen-bond donors (Lipinski definition) is 1. The van der Waals surface area contributed by atoms with Crippen LogP contribution in [0.3, 0.4) is 0 Å². The predicted molar refractivity (Wildman–Crippen MR) is 30.3 cm³/mol. The number of aliphatic carboxylic acids is 1. The van der Waals surface area contributed by atoms with Gasteiger partial charge in [-0.15, -0.1) is 0 Å². The first-order valence-electron chi connectivity index (χ1n) is 2.61. The van der Waals surface area contributed by atoms with Crippen molar-refractivity contribution in [3.05, 3.63) is 0 Å². The largest absolute Gasteiger partial charge is 0.480 e. The summed E-state index contributed by atoms with van der Waals surface area (Å²) in [5.74, 6) is -3.23. The summed E-state index contributed by atoms with van der Waals surface area (Å²) in [6.07, 6.45) is 0. The van der Waals surface area contributed by atoms with Crippen molar-refractivity contribution in [1.29, 1.82) is 0 Å². The molecule has 0 aromatic heterocycles. The van der Waals surface area contributed by atoms with Gasteiger partial charge in [0.05, 0.1) is 5.71 Å². The van der Waals surface area contributed by atoms with E-state index in [1.54, 1.807) is 0 Å². The van der Waals surface area contributed by atoms with Crippen LogP contribution in [0, 0.1) is 5.92 Å². The first-order valence-corrected chi connectivity index (χ1v) is 2.61. The van der Waals surface area contributed by atoms with E-state index >= 15 is 0 Å². The smallest absolute Gasteiger partial charge is 0.355 e. The Morgan fingerprint density at radius 3 is 2.60 bits per heavy atom. The van der Waals surface area contributed by atoms with E-state index in [-0.39, 0.29) is 5.71 Å². The van der Waals surface area contributed by atoms with E-state index in [1.807, 2.05) is 0 Å². The Bertz CT molecular complexity index is 220. The van der Waals surface area contributed by atoms with Crippen LogP contribution in [0.1, 0.15) is 6.92 Å². The van der Waals surface area contributed by atoms with Crippen LogP contribution in [0.25, 0.3) is 0 Å². The summed E-state index contributed by atoms with van der Waals surface area (Å²) in [7, 11) is 0.